The van der Waals surface area contributed by atoms with E-state index in [-0.39, 0.29) is 11.2 Å². The van der Waals surface area contributed by atoms with Gasteiger partial charge in [0.15, 0.2) is 0 Å². The highest BCUT2D eigenvalue weighted by Gasteiger charge is 2.39. The van der Waals surface area contributed by atoms with Crippen molar-refractivity contribution in [1.29, 1.82) is 0 Å². The van der Waals surface area contributed by atoms with Crippen LogP contribution in [0.25, 0.3) is 21.9 Å². The summed E-state index contributed by atoms with van der Waals surface area (Å²) in [5.74, 6) is 3.21. The summed E-state index contributed by atoms with van der Waals surface area (Å²) in [5.41, 5.74) is 2.69. The van der Waals surface area contributed by atoms with Gasteiger partial charge in [-0.15, -0.1) is 0 Å². The summed E-state index contributed by atoms with van der Waals surface area (Å²) < 4.78 is 19.0. The fourth-order valence-electron chi connectivity index (χ4n) is 5.54. The molecular weight excluding hydrogens is 468 g/mol. The van der Waals surface area contributed by atoms with E-state index in [0.717, 1.165) is 78.0 Å². The molecule has 0 unspecified atom stereocenters. The lowest BCUT2D eigenvalue weighted by atomic mass is 9.95. The van der Waals surface area contributed by atoms with Gasteiger partial charge in [0.25, 0.3) is 5.56 Å². The number of fused-ring (bicyclic) bond motifs is 1. The average Bonchev–Trinajstić information content (AvgIpc) is 2.89. The fourth-order valence-corrected chi connectivity index (χ4v) is 5.54. The number of ether oxygens (including phenoxy) is 3. The third-order valence-corrected chi connectivity index (χ3v) is 8.10. The van der Waals surface area contributed by atoms with Crippen LogP contribution < -0.4 is 19.9 Å². The minimum Gasteiger partial charge on any atom is -0.496 e. The predicted octanol–water partition coefficient (Wildman–Crippen LogP) is 4.07. The summed E-state index contributed by atoms with van der Waals surface area (Å²) in [5, 5.41) is 1.45. The SMILES string of the molecule is COc1cc(-c2cn(C)c(=O)c3cnc(N4CC(C)(OC)C4)cc23)cc(OC)c1CN1CCC(C)CC1. The van der Waals surface area contributed by atoms with Crippen LogP contribution in [0.5, 0.6) is 11.5 Å². The van der Waals surface area contributed by atoms with Crippen LogP contribution in [0, 0.1) is 5.92 Å². The van der Waals surface area contributed by atoms with E-state index in [1.807, 2.05) is 12.3 Å². The molecule has 0 spiro atoms. The number of benzene rings is 1. The van der Waals surface area contributed by atoms with E-state index in [1.165, 1.54) is 12.8 Å². The van der Waals surface area contributed by atoms with Gasteiger partial charge in [0.1, 0.15) is 17.3 Å². The maximum atomic E-state index is 13.0. The quantitative estimate of drug-likeness (QED) is 0.478. The third-order valence-electron chi connectivity index (χ3n) is 8.10. The molecule has 0 bridgehead atoms. The largest absolute Gasteiger partial charge is 0.496 e. The molecule has 0 saturated carbocycles. The van der Waals surface area contributed by atoms with Crippen molar-refractivity contribution in [3.05, 3.63) is 46.5 Å². The van der Waals surface area contributed by atoms with E-state index in [1.54, 1.807) is 39.1 Å². The first-order chi connectivity index (χ1) is 17.7. The Labute approximate surface area is 218 Å². The van der Waals surface area contributed by atoms with Gasteiger partial charge in [-0.25, -0.2) is 4.98 Å². The molecule has 8 heteroatoms. The van der Waals surface area contributed by atoms with Gasteiger partial charge in [-0.05, 0) is 62.5 Å². The Hall–Kier alpha value is -3.10. The zero-order valence-electron chi connectivity index (χ0n) is 22.8. The highest BCUT2D eigenvalue weighted by atomic mass is 16.5. The number of pyridine rings is 2. The van der Waals surface area contributed by atoms with Crippen molar-refractivity contribution in [2.24, 2.45) is 13.0 Å². The summed E-state index contributed by atoms with van der Waals surface area (Å²) in [6.45, 7) is 8.88. The van der Waals surface area contributed by atoms with Crippen molar-refractivity contribution in [1.82, 2.24) is 14.5 Å². The summed E-state index contributed by atoms with van der Waals surface area (Å²) >= 11 is 0. The number of rotatable bonds is 7. The predicted molar refractivity (Wildman–Crippen MR) is 147 cm³/mol. The number of hydrogen-bond donors (Lipinski definition) is 0. The molecule has 0 amide bonds. The number of methoxy groups -OCH3 is 3. The van der Waals surface area contributed by atoms with E-state index in [4.69, 9.17) is 14.2 Å². The van der Waals surface area contributed by atoms with Crippen LogP contribution in [0.15, 0.2) is 35.4 Å². The second-order valence-corrected chi connectivity index (χ2v) is 10.9. The molecule has 0 atom stereocenters. The molecule has 8 nitrogen and oxygen atoms in total. The number of anilines is 1. The smallest absolute Gasteiger partial charge is 0.259 e. The van der Waals surface area contributed by atoms with Gasteiger partial charge in [-0.2, -0.15) is 0 Å². The van der Waals surface area contributed by atoms with Gasteiger partial charge in [-0.1, -0.05) is 6.92 Å². The Morgan fingerprint density at radius 3 is 2.27 bits per heavy atom. The van der Waals surface area contributed by atoms with E-state index < -0.39 is 0 Å². The standard InChI is InChI=1S/C29H38N4O4/c1-19-7-9-32(10-8-19)16-24-25(35-4)11-20(12-26(24)36-5)23-15-31(3)28(34)22-14-30-27(13-21(22)23)33-17-29(2,18-33)37-6/h11-15,19H,7-10,16-18H2,1-6H3. The molecule has 0 aliphatic carbocycles. The maximum Gasteiger partial charge on any atom is 0.259 e. The zero-order chi connectivity index (χ0) is 26.3. The Morgan fingerprint density at radius 1 is 1.03 bits per heavy atom. The Kier molecular flexibility index (Phi) is 6.89. The molecule has 4 heterocycles. The number of piperidine rings is 1. The van der Waals surface area contributed by atoms with Crippen molar-refractivity contribution in [2.45, 2.75) is 38.8 Å². The monoisotopic (exact) mass is 506 g/mol. The van der Waals surface area contributed by atoms with E-state index in [9.17, 15) is 4.79 Å². The third kappa shape index (κ3) is 4.80. The number of hydrogen-bond acceptors (Lipinski definition) is 7. The summed E-state index contributed by atoms with van der Waals surface area (Å²) in [4.78, 5) is 22.3. The van der Waals surface area contributed by atoms with Gasteiger partial charge >= 0.3 is 0 Å². The van der Waals surface area contributed by atoms with Crippen molar-refractivity contribution in [2.75, 3.05) is 52.4 Å². The van der Waals surface area contributed by atoms with E-state index in [2.05, 4.69) is 40.8 Å². The number of nitrogens with zero attached hydrogens (tertiary/aromatic N) is 4. The van der Waals surface area contributed by atoms with Crippen molar-refractivity contribution in [3.63, 3.8) is 0 Å². The molecule has 2 fully saturated rings. The maximum absolute atomic E-state index is 13.0. The lowest BCUT2D eigenvalue weighted by molar-refractivity contribution is -0.0171. The molecule has 0 N–H and O–H groups in total. The lowest BCUT2D eigenvalue weighted by Crippen LogP contribution is -2.61. The second-order valence-electron chi connectivity index (χ2n) is 10.9. The van der Waals surface area contributed by atoms with E-state index >= 15 is 0 Å². The lowest BCUT2D eigenvalue weighted by Gasteiger charge is -2.47. The Bertz CT molecular complexity index is 1330. The van der Waals surface area contributed by atoms with Gasteiger partial charge in [0.05, 0.1) is 30.8 Å². The highest BCUT2D eigenvalue weighted by molar-refractivity contribution is 5.97. The minimum atomic E-state index is -0.171. The first-order valence-corrected chi connectivity index (χ1v) is 13.0. The highest BCUT2D eigenvalue weighted by Crippen LogP contribution is 2.39. The van der Waals surface area contributed by atoms with Crippen LogP contribution in [-0.2, 0) is 18.3 Å². The summed E-state index contributed by atoms with van der Waals surface area (Å²) in [7, 11) is 6.93. The minimum absolute atomic E-state index is 0.0713. The van der Waals surface area contributed by atoms with Crippen molar-refractivity contribution in [3.8, 4) is 22.6 Å². The Morgan fingerprint density at radius 2 is 1.68 bits per heavy atom. The first kappa shape index (κ1) is 25.5. The van der Waals surface area contributed by atoms with Crippen LogP contribution >= 0.6 is 0 Å². The van der Waals surface area contributed by atoms with Gasteiger partial charge < -0.3 is 23.7 Å². The molecule has 2 aromatic heterocycles. The van der Waals surface area contributed by atoms with Crippen molar-refractivity contribution < 1.29 is 14.2 Å². The molecule has 2 aliphatic heterocycles. The summed E-state index contributed by atoms with van der Waals surface area (Å²) in [6.07, 6.45) is 6.01. The number of aryl methyl sites for hydroxylation is 1. The molecular formula is C29H38N4O4. The molecule has 37 heavy (non-hydrogen) atoms. The zero-order valence-corrected chi connectivity index (χ0v) is 22.8. The van der Waals surface area contributed by atoms with Crippen molar-refractivity contribution >= 4 is 16.6 Å². The van der Waals surface area contributed by atoms with Crippen LogP contribution in [0.3, 0.4) is 0 Å². The van der Waals surface area contributed by atoms with Crippen LogP contribution in [0.2, 0.25) is 0 Å². The molecule has 3 aromatic rings. The molecule has 1 aromatic carbocycles. The van der Waals surface area contributed by atoms with E-state index in [0.29, 0.717) is 5.39 Å². The van der Waals surface area contributed by atoms with Crippen LogP contribution in [0.4, 0.5) is 5.82 Å². The Balaban J connectivity index is 1.57. The fraction of sp³-hybridized carbons (Fsp3) is 0.517. The molecule has 0 radical (unpaired) electrons. The van der Waals surface area contributed by atoms with Crippen LogP contribution in [0.1, 0.15) is 32.3 Å². The number of aromatic nitrogens is 2. The normalized spacial score (nSPS) is 18.2. The first-order valence-electron chi connectivity index (χ1n) is 13.0. The van der Waals surface area contributed by atoms with Crippen LogP contribution in [-0.4, -0.2) is 67.6 Å². The summed E-state index contributed by atoms with van der Waals surface area (Å²) in [6, 6.07) is 6.15. The van der Waals surface area contributed by atoms with Gasteiger partial charge in [-0.3, -0.25) is 9.69 Å². The topological polar surface area (TPSA) is 69.1 Å². The second kappa shape index (κ2) is 9.99. The average molecular weight is 507 g/mol. The molecule has 2 aliphatic rings. The molecule has 198 valence electrons. The number of likely N-dealkylation sites (tertiary alicyclic amines) is 1. The molecule has 2 saturated heterocycles. The molecule has 5 rings (SSSR count). The van der Waals surface area contributed by atoms with Gasteiger partial charge in [0, 0.05) is 57.1 Å². The van der Waals surface area contributed by atoms with Gasteiger partial charge in [0.2, 0.25) is 0 Å².